The summed E-state index contributed by atoms with van der Waals surface area (Å²) in [5.74, 6) is -1.27. The number of ketones is 1. The van der Waals surface area contributed by atoms with Crippen LogP contribution in [0, 0.1) is 28.1 Å². The van der Waals surface area contributed by atoms with Crippen LogP contribution in [0.15, 0.2) is 0 Å². The summed E-state index contributed by atoms with van der Waals surface area (Å²) >= 11 is 0. The maximum absolute atomic E-state index is 12.6. The Bertz CT molecular complexity index is 657. The highest BCUT2D eigenvalue weighted by Crippen LogP contribution is 2.74. The third-order valence-corrected chi connectivity index (χ3v) is 9.51. The Labute approximate surface area is 161 Å². The Balaban J connectivity index is 1.89. The third-order valence-electron chi connectivity index (χ3n) is 9.51. The number of hydrogen-bond donors (Lipinski definition) is 3. The minimum atomic E-state index is -1.27. The van der Waals surface area contributed by atoms with E-state index in [4.69, 9.17) is 9.47 Å². The van der Waals surface area contributed by atoms with Crippen molar-refractivity contribution in [2.75, 3.05) is 14.2 Å². The van der Waals surface area contributed by atoms with E-state index >= 15 is 0 Å². The molecule has 6 heteroatoms. The zero-order chi connectivity index (χ0) is 20.0. The summed E-state index contributed by atoms with van der Waals surface area (Å²) in [5, 5.41) is 34.9. The van der Waals surface area contributed by atoms with Gasteiger partial charge in [-0.3, -0.25) is 4.79 Å². The normalized spacial score (nSPS) is 53.0. The molecule has 0 aromatic heterocycles. The number of fused-ring (bicyclic) bond motifs is 3. The Kier molecular flexibility index (Phi) is 4.06. The van der Waals surface area contributed by atoms with Gasteiger partial charge in [-0.05, 0) is 38.0 Å². The molecule has 154 valence electrons. The number of ether oxygens (including phenoxy) is 2. The van der Waals surface area contributed by atoms with Gasteiger partial charge in [0.1, 0.15) is 11.9 Å². The minimum Gasteiger partial charge on any atom is -0.392 e. The predicted octanol–water partition coefficient (Wildman–Crippen LogP) is 1.64. The van der Waals surface area contributed by atoms with E-state index in [-0.39, 0.29) is 17.6 Å². The smallest absolute Gasteiger partial charge is 0.197 e. The highest BCUT2D eigenvalue weighted by atomic mass is 16.7. The van der Waals surface area contributed by atoms with Crippen molar-refractivity contribution in [2.45, 2.75) is 82.9 Å². The number of hydrogen-bond acceptors (Lipinski definition) is 6. The monoisotopic (exact) mass is 382 g/mol. The van der Waals surface area contributed by atoms with Crippen LogP contribution in [0.3, 0.4) is 0 Å². The Hall–Kier alpha value is -0.530. The molecule has 0 aromatic carbocycles. The van der Waals surface area contributed by atoms with Gasteiger partial charge in [0.05, 0.1) is 17.1 Å². The fourth-order valence-electron chi connectivity index (χ4n) is 8.02. The van der Waals surface area contributed by atoms with Gasteiger partial charge in [0.2, 0.25) is 0 Å². The van der Waals surface area contributed by atoms with Gasteiger partial charge in [-0.2, -0.15) is 0 Å². The van der Waals surface area contributed by atoms with Crippen molar-refractivity contribution in [3.05, 3.63) is 0 Å². The fraction of sp³-hybridized carbons (Fsp3) is 0.952. The van der Waals surface area contributed by atoms with Crippen molar-refractivity contribution in [2.24, 2.45) is 28.1 Å². The number of aliphatic hydroxyl groups is 3. The number of rotatable bonds is 2. The standard InChI is InChI=1S/C21H34O6/c1-17(2)13-6-9-19-15(23)10-12(21(26-4,27-5)16(19)24)11-20(19,25)18(13,3)8-7-14(17)22/h12-13,15-16,23-25H,6-11H2,1-5H3. The summed E-state index contributed by atoms with van der Waals surface area (Å²) in [6.45, 7) is 6.04. The van der Waals surface area contributed by atoms with Crippen molar-refractivity contribution < 1.29 is 29.6 Å². The van der Waals surface area contributed by atoms with Gasteiger partial charge in [-0.1, -0.05) is 20.8 Å². The second-order valence-corrected chi connectivity index (χ2v) is 10.2. The topological polar surface area (TPSA) is 96.2 Å². The van der Waals surface area contributed by atoms with Crippen LogP contribution in [0.5, 0.6) is 0 Å². The van der Waals surface area contributed by atoms with E-state index in [0.29, 0.717) is 38.5 Å². The second-order valence-electron chi connectivity index (χ2n) is 10.2. The molecule has 0 aliphatic heterocycles. The van der Waals surface area contributed by atoms with Crippen molar-refractivity contribution in [3.8, 4) is 0 Å². The quantitative estimate of drug-likeness (QED) is 0.629. The molecule has 5 saturated carbocycles. The lowest BCUT2D eigenvalue weighted by Crippen LogP contribution is -2.84. The lowest BCUT2D eigenvalue weighted by atomic mass is 9.33. The van der Waals surface area contributed by atoms with Gasteiger partial charge >= 0.3 is 0 Å². The van der Waals surface area contributed by atoms with E-state index in [9.17, 15) is 20.1 Å². The maximum atomic E-state index is 12.6. The molecule has 1 spiro atoms. The van der Waals surface area contributed by atoms with E-state index in [0.717, 1.165) is 0 Å². The van der Waals surface area contributed by atoms with Gasteiger partial charge in [0.15, 0.2) is 5.79 Å². The number of aliphatic hydroxyl groups excluding tert-OH is 2. The van der Waals surface area contributed by atoms with Gasteiger partial charge in [0, 0.05) is 37.4 Å². The van der Waals surface area contributed by atoms with E-state index in [1.165, 1.54) is 14.2 Å². The van der Waals surface area contributed by atoms with Crippen LogP contribution in [0.25, 0.3) is 0 Å². The molecule has 3 N–H and O–H groups in total. The van der Waals surface area contributed by atoms with Crippen molar-refractivity contribution in [1.29, 1.82) is 0 Å². The summed E-state index contributed by atoms with van der Waals surface area (Å²) in [7, 11) is 3.04. The molecule has 5 aliphatic carbocycles. The predicted molar refractivity (Wildman–Crippen MR) is 97.7 cm³/mol. The first-order valence-electron chi connectivity index (χ1n) is 10.2. The van der Waals surface area contributed by atoms with Crippen LogP contribution in [0.4, 0.5) is 0 Å². The first-order valence-corrected chi connectivity index (χ1v) is 10.2. The van der Waals surface area contributed by atoms with Gasteiger partial charge in [-0.15, -0.1) is 0 Å². The highest BCUT2D eigenvalue weighted by molar-refractivity contribution is 5.85. The van der Waals surface area contributed by atoms with E-state index in [1.807, 2.05) is 13.8 Å². The number of Topliss-reactive ketones (excluding diaryl/α,β-unsaturated/α-hetero) is 1. The van der Waals surface area contributed by atoms with Gasteiger partial charge in [-0.25, -0.2) is 0 Å². The van der Waals surface area contributed by atoms with Crippen molar-refractivity contribution >= 4 is 5.78 Å². The maximum Gasteiger partial charge on any atom is 0.197 e. The molecule has 0 aromatic rings. The molecule has 7 atom stereocenters. The number of methoxy groups -OCH3 is 2. The Morgan fingerprint density at radius 2 is 1.70 bits per heavy atom. The van der Waals surface area contributed by atoms with Gasteiger partial charge in [0.25, 0.3) is 0 Å². The molecular weight excluding hydrogens is 348 g/mol. The number of carbonyl (C=O) groups is 1. The Morgan fingerprint density at radius 3 is 2.30 bits per heavy atom. The van der Waals surface area contributed by atoms with Gasteiger partial charge < -0.3 is 24.8 Å². The average Bonchev–Trinajstić information content (AvgIpc) is 2.60. The lowest BCUT2D eigenvalue weighted by Gasteiger charge is -2.75. The average molecular weight is 382 g/mol. The first-order chi connectivity index (χ1) is 12.5. The molecule has 5 fully saturated rings. The molecule has 0 heterocycles. The number of carbonyl (C=O) groups excluding carboxylic acids is 1. The molecule has 5 rings (SSSR count). The lowest BCUT2D eigenvalue weighted by molar-refractivity contribution is -0.428. The first kappa shape index (κ1) is 19.8. The van der Waals surface area contributed by atoms with Crippen LogP contribution in [0.1, 0.15) is 59.3 Å². The SMILES string of the molecule is COC1(OC)C2CC(O)C3(CCC4C(C)(C)C(=O)CCC4(C)C3(O)C2)C1O. The third kappa shape index (κ3) is 1.88. The zero-order valence-corrected chi connectivity index (χ0v) is 17.1. The molecule has 6 nitrogen and oxygen atoms in total. The van der Waals surface area contributed by atoms with Crippen LogP contribution >= 0.6 is 0 Å². The highest BCUT2D eigenvalue weighted by Gasteiger charge is 2.81. The van der Waals surface area contributed by atoms with E-state index in [1.54, 1.807) is 0 Å². The Morgan fingerprint density at radius 1 is 1.07 bits per heavy atom. The molecular formula is C21H34O6. The summed E-state index contributed by atoms with van der Waals surface area (Å²) in [6, 6.07) is 0. The zero-order valence-electron chi connectivity index (χ0n) is 17.1. The minimum absolute atomic E-state index is 0.0140. The largest absolute Gasteiger partial charge is 0.392 e. The summed E-state index contributed by atoms with van der Waals surface area (Å²) in [5.41, 5.74) is -3.47. The molecule has 0 amide bonds. The molecule has 27 heavy (non-hydrogen) atoms. The van der Waals surface area contributed by atoms with Crippen LogP contribution in [0.2, 0.25) is 0 Å². The summed E-state index contributed by atoms with van der Waals surface area (Å²) < 4.78 is 11.4. The molecule has 0 saturated heterocycles. The summed E-state index contributed by atoms with van der Waals surface area (Å²) in [6.07, 6.45) is 1.01. The van der Waals surface area contributed by atoms with Crippen molar-refractivity contribution in [3.63, 3.8) is 0 Å². The van der Waals surface area contributed by atoms with E-state index in [2.05, 4.69) is 6.92 Å². The van der Waals surface area contributed by atoms with Crippen LogP contribution in [-0.2, 0) is 14.3 Å². The second kappa shape index (κ2) is 5.54. The molecule has 0 radical (unpaired) electrons. The molecule has 7 unspecified atom stereocenters. The van der Waals surface area contributed by atoms with Crippen LogP contribution < -0.4 is 0 Å². The summed E-state index contributed by atoms with van der Waals surface area (Å²) in [4.78, 5) is 12.6. The van der Waals surface area contributed by atoms with E-state index < -0.39 is 39.8 Å². The molecule has 2 bridgehead atoms. The molecule has 5 aliphatic rings. The van der Waals surface area contributed by atoms with Crippen LogP contribution in [-0.4, -0.2) is 58.9 Å². The fourth-order valence-corrected chi connectivity index (χ4v) is 8.02. The van der Waals surface area contributed by atoms with Crippen molar-refractivity contribution in [1.82, 2.24) is 0 Å².